The van der Waals surface area contributed by atoms with Crippen molar-refractivity contribution in [2.24, 2.45) is 16.8 Å². The van der Waals surface area contributed by atoms with Gasteiger partial charge in [-0.05, 0) is 26.2 Å². The average Bonchev–Trinajstić information content (AvgIpc) is 2.38. The van der Waals surface area contributed by atoms with Crippen molar-refractivity contribution in [1.29, 1.82) is 0 Å². The van der Waals surface area contributed by atoms with E-state index in [2.05, 4.69) is 10.3 Å². The summed E-state index contributed by atoms with van der Waals surface area (Å²) in [4.78, 5) is 16.1. The molecule has 6 heteroatoms. The van der Waals surface area contributed by atoms with E-state index < -0.39 is 6.23 Å². The molecule has 2 heterocycles. The number of allylic oxidation sites excluding steroid dienone is 1. The summed E-state index contributed by atoms with van der Waals surface area (Å²) in [6, 6.07) is 0. The lowest BCUT2D eigenvalue weighted by atomic mass is 9.77. The highest BCUT2D eigenvalue weighted by Crippen LogP contribution is 2.35. The molecule has 0 bridgehead atoms. The van der Waals surface area contributed by atoms with Gasteiger partial charge in [-0.1, -0.05) is 11.6 Å². The lowest BCUT2D eigenvalue weighted by Gasteiger charge is -2.35. The molecule has 19 heavy (non-hydrogen) atoms. The Balaban J connectivity index is 2.27. The van der Waals surface area contributed by atoms with E-state index in [9.17, 15) is 9.90 Å². The molecule has 4 atom stereocenters. The first kappa shape index (κ1) is 14.3. The van der Waals surface area contributed by atoms with Crippen LogP contribution in [0.1, 0.15) is 26.2 Å². The number of nitrogens with one attached hydrogen (secondary N) is 1. The topological polar surface area (TPSA) is 70.9 Å². The Morgan fingerprint density at radius 2 is 2.32 bits per heavy atom. The van der Waals surface area contributed by atoms with Crippen LogP contribution in [0.3, 0.4) is 0 Å². The summed E-state index contributed by atoms with van der Waals surface area (Å²) in [5.41, 5.74) is 1.11. The van der Waals surface area contributed by atoms with Crippen LogP contribution in [0, 0.1) is 11.8 Å². The predicted octanol–water partition coefficient (Wildman–Crippen LogP) is 1.41. The maximum absolute atomic E-state index is 11.9. The first-order valence-corrected chi connectivity index (χ1v) is 6.87. The summed E-state index contributed by atoms with van der Waals surface area (Å²) in [7, 11) is 1.37. The molecule has 0 aromatic rings. The normalized spacial score (nSPS) is 34.9. The van der Waals surface area contributed by atoms with E-state index in [4.69, 9.17) is 16.3 Å². The molecule has 0 spiro atoms. The first-order valence-electron chi connectivity index (χ1n) is 6.44. The minimum absolute atomic E-state index is 0.0726. The number of aliphatic hydroxyl groups is 1. The maximum atomic E-state index is 11.9. The van der Waals surface area contributed by atoms with Gasteiger partial charge in [-0.3, -0.25) is 4.99 Å². The van der Waals surface area contributed by atoms with Crippen LogP contribution in [0.25, 0.3) is 0 Å². The molecule has 0 saturated heterocycles. The zero-order valence-electron chi connectivity index (χ0n) is 11.1. The predicted molar refractivity (Wildman–Crippen MR) is 72.8 cm³/mol. The Morgan fingerprint density at radius 1 is 1.58 bits per heavy atom. The lowest BCUT2D eigenvalue weighted by molar-refractivity contribution is -0.137. The van der Waals surface area contributed by atoms with Gasteiger partial charge in [0.1, 0.15) is 11.7 Å². The van der Waals surface area contributed by atoms with E-state index in [1.165, 1.54) is 7.11 Å². The van der Waals surface area contributed by atoms with Crippen LogP contribution < -0.4 is 5.32 Å². The molecule has 0 fully saturated rings. The smallest absolute Gasteiger partial charge is 0.335 e. The van der Waals surface area contributed by atoms with Gasteiger partial charge in [-0.2, -0.15) is 0 Å². The molecule has 0 aliphatic carbocycles. The minimum Gasteiger partial charge on any atom is -0.466 e. The summed E-state index contributed by atoms with van der Waals surface area (Å²) in [5.74, 6) is -0.296. The van der Waals surface area contributed by atoms with Crippen molar-refractivity contribution in [3.63, 3.8) is 0 Å². The second-order valence-electron chi connectivity index (χ2n) is 5.01. The lowest BCUT2D eigenvalue weighted by Crippen LogP contribution is -2.41. The van der Waals surface area contributed by atoms with E-state index in [1.807, 2.05) is 6.21 Å². The fourth-order valence-electron chi connectivity index (χ4n) is 2.81. The third kappa shape index (κ3) is 3.09. The Hall–Kier alpha value is -1.07. The summed E-state index contributed by atoms with van der Waals surface area (Å²) < 4.78 is 4.85. The molecule has 2 N–H and O–H groups in total. The number of halogens is 1. The SMILES string of the molecule is COC(=O)C1=C(C)N[C@@H](O)CC1[C@H]1C=N[C@@H](Cl)CC1. The number of ether oxygens (including phenoxy) is 1. The Bertz CT molecular complexity index is 422. The standard InChI is InChI=1S/C13H19ClN2O3/c1-7-12(13(18)19-2)9(5-11(17)16-7)8-3-4-10(14)15-6-8/h6,8-11,16-17H,3-5H2,1-2H3/t8-,9?,10-,11+/m1/s1. The Kier molecular flexibility index (Phi) is 4.47. The Morgan fingerprint density at radius 3 is 2.89 bits per heavy atom. The number of rotatable bonds is 2. The van der Waals surface area contributed by atoms with Gasteiger partial charge < -0.3 is 15.2 Å². The summed E-state index contributed by atoms with van der Waals surface area (Å²) in [6.45, 7) is 1.78. The van der Waals surface area contributed by atoms with E-state index in [-0.39, 0.29) is 23.3 Å². The first-order chi connectivity index (χ1) is 9.02. The zero-order valence-corrected chi connectivity index (χ0v) is 11.9. The van der Waals surface area contributed by atoms with Gasteiger partial charge >= 0.3 is 5.97 Å². The number of aliphatic imine (C=N–C) groups is 1. The van der Waals surface area contributed by atoms with Gasteiger partial charge in [0.25, 0.3) is 0 Å². The highest BCUT2D eigenvalue weighted by atomic mass is 35.5. The zero-order chi connectivity index (χ0) is 14.0. The molecule has 106 valence electrons. The number of hydrogen-bond acceptors (Lipinski definition) is 5. The number of alkyl halides is 1. The third-order valence-electron chi connectivity index (χ3n) is 3.73. The largest absolute Gasteiger partial charge is 0.466 e. The fourth-order valence-corrected chi connectivity index (χ4v) is 3.01. The summed E-state index contributed by atoms with van der Waals surface area (Å²) in [5, 5.41) is 12.7. The molecule has 0 aromatic heterocycles. The molecular weight excluding hydrogens is 268 g/mol. The van der Waals surface area contributed by atoms with Gasteiger partial charge in [0.15, 0.2) is 0 Å². The number of carbonyl (C=O) groups excluding carboxylic acids is 1. The molecular formula is C13H19ClN2O3. The summed E-state index contributed by atoms with van der Waals surface area (Å²) in [6.07, 6.45) is 3.31. The van der Waals surface area contributed by atoms with E-state index in [0.717, 1.165) is 12.8 Å². The van der Waals surface area contributed by atoms with Crippen LogP contribution in [-0.4, -0.2) is 36.1 Å². The van der Waals surface area contributed by atoms with Crippen LogP contribution in [0.5, 0.6) is 0 Å². The van der Waals surface area contributed by atoms with Crippen LogP contribution in [0.2, 0.25) is 0 Å². The van der Waals surface area contributed by atoms with Crippen molar-refractivity contribution in [1.82, 2.24) is 5.32 Å². The van der Waals surface area contributed by atoms with Crippen LogP contribution in [0.4, 0.5) is 0 Å². The molecule has 2 aliphatic rings. The van der Waals surface area contributed by atoms with Gasteiger partial charge in [0, 0.05) is 23.7 Å². The third-order valence-corrected chi connectivity index (χ3v) is 4.07. The summed E-state index contributed by atoms with van der Waals surface area (Å²) >= 11 is 5.94. The minimum atomic E-state index is -0.638. The Labute approximate surface area is 117 Å². The number of hydrogen-bond donors (Lipinski definition) is 2. The quantitative estimate of drug-likeness (QED) is 0.457. The van der Waals surface area contributed by atoms with Gasteiger partial charge in [-0.25, -0.2) is 4.79 Å². The highest BCUT2D eigenvalue weighted by Gasteiger charge is 2.36. The average molecular weight is 287 g/mol. The molecule has 0 amide bonds. The van der Waals surface area contributed by atoms with Crippen molar-refractivity contribution in [3.05, 3.63) is 11.3 Å². The van der Waals surface area contributed by atoms with E-state index in [1.54, 1.807) is 6.92 Å². The highest BCUT2D eigenvalue weighted by molar-refractivity contribution is 6.20. The van der Waals surface area contributed by atoms with Crippen LogP contribution >= 0.6 is 11.6 Å². The van der Waals surface area contributed by atoms with Gasteiger partial charge in [0.2, 0.25) is 0 Å². The number of methoxy groups -OCH3 is 1. The molecule has 5 nitrogen and oxygen atoms in total. The molecule has 0 saturated carbocycles. The van der Waals surface area contributed by atoms with Gasteiger partial charge in [0.05, 0.1) is 12.7 Å². The van der Waals surface area contributed by atoms with Crippen molar-refractivity contribution >= 4 is 23.8 Å². The monoisotopic (exact) mass is 286 g/mol. The number of esters is 1. The van der Waals surface area contributed by atoms with E-state index in [0.29, 0.717) is 17.7 Å². The van der Waals surface area contributed by atoms with Crippen LogP contribution in [-0.2, 0) is 9.53 Å². The molecule has 1 unspecified atom stereocenters. The van der Waals surface area contributed by atoms with Crippen molar-refractivity contribution in [2.45, 2.75) is 37.9 Å². The van der Waals surface area contributed by atoms with E-state index >= 15 is 0 Å². The van der Waals surface area contributed by atoms with Gasteiger partial charge in [-0.15, -0.1) is 0 Å². The van der Waals surface area contributed by atoms with Crippen LogP contribution in [0.15, 0.2) is 16.3 Å². The molecule has 0 aromatic carbocycles. The molecule has 2 rings (SSSR count). The number of aliphatic hydroxyl groups excluding tert-OH is 1. The number of nitrogens with zero attached hydrogens (tertiary/aromatic N) is 1. The van der Waals surface area contributed by atoms with Crippen molar-refractivity contribution in [3.8, 4) is 0 Å². The second-order valence-corrected chi connectivity index (χ2v) is 5.51. The van der Waals surface area contributed by atoms with Crippen molar-refractivity contribution < 1.29 is 14.6 Å². The second kappa shape index (κ2) is 5.92. The molecule has 2 aliphatic heterocycles. The van der Waals surface area contributed by atoms with Crippen molar-refractivity contribution in [2.75, 3.05) is 7.11 Å². The number of carbonyl (C=O) groups is 1. The maximum Gasteiger partial charge on any atom is 0.335 e. The molecule has 0 radical (unpaired) electrons. The fraction of sp³-hybridized carbons (Fsp3) is 0.692.